The van der Waals surface area contributed by atoms with Crippen molar-refractivity contribution in [3.05, 3.63) is 141 Å². The minimum absolute atomic E-state index is 0.0136. The van der Waals surface area contributed by atoms with Crippen molar-refractivity contribution in [1.29, 1.82) is 0 Å². The molecule has 3 aliphatic rings. The van der Waals surface area contributed by atoms with Crippen LogP contribution in [0.4, 0.5) is 0 Å². The number of hydrogen-bond acceptors (Lipinski definition) is 8. The summed E-state index contributed by atoms with van der Waals surface area (Å²) in [6.07, 6.45) is 6.31. The van der Waals surface area contributed by atoms with Crippen LogP contribution in [-0.4, -0.2) is 74.2 Å². The van der Waals surface area contributed by atoms with E-state index >= 15 is 0 Å². The normalized spacial score (nSPS) is 20.8. The predicted molar refractivity (Wildman–Crippen MR) is 225 cm³/mol. The fraction of sp³-hybridized carbons (Fsp3) is 0.478. The van der Waals surface area contributed by atoms with Crippen LogP contribution in [0.1, 0.15) is 86.8 Å². The second kappa shape index (κ2) is 24.8. The summed E-state index contributed by atoms with van der Waals surface area (Å²) >= 11 is 11.7. The van der Waals surface area contributed by atoms with Gasteiger partial charge in [0.15, 0.2) is 12.6 Å². The third-order valence-electron chi connectivity index (χ3n) is 9.92. The molecule has 10 heteroatoms. The summed E-state index contributed by atoms with van der Waals surface area (Å²) < 4.78 is 28.1. The van der Waals surface area contributed by atoms with Crippen LogP contribution < -0.4 is 5.32 Å². The van der Waals surface area contributed by atoms with Gasteiger partial charge in [0, 0.05) is 55.0 Å². The van der Waals surface area contributed by atoms with E-state index in [0.29, 0.717) is 36.9 Å². The van der Waals surface area contributed by atoms with Gasteiger partial charge in [-0.3, -0.25) is 4.90 Å². The molecule has 0 spiro atoms. The molecule has 56 heavy (non-hydrogen) atoms. The van der Waals surface area contributed by atoms with Gasteiger partial charge in [-0.15, -0.1) is 0 Å². The van der Waals surface area contributed by atoms with E-state index in [0.717, 1.165) is 69.2 Å². The Balaban J connectivity index is 0.000000181. The molecule has 7 rings (SSSR count). The number of nitrogens with zero attached hydrogens (tertiary/aromatic N) is 1. The lowest BCUT2D eigenvalue weighted by Gasteiger charge is -2.32. The molecule has 0 radical (unpaired) electrons. The molecular formula is C46H60Cl2N2O6. The molecule has 3 aliphatic heterocycles. The zero-order valence-corrected chi connectivity index (χ0v) is 34.5. The first-order valence-electron chi connectivity index (χ1n) is 20.1. The van der Waals surface area contributed by atoms with Crippen molar-refractivity contribution in [2.24, 2.45) is 0 Å². The van der Waals surface area contributed by atoms with Crippen LogP contribution in [0.3, 0.4) is 0 Å². The van der Waals surface area contributed by atoms with Crippen molar-refractivity contribution >= 4 is 23.2 Å². The van der Waals surface area contributed by atoms with Gasteiger partial charge in [0.05, 0.1) is 25.9 Å². The zero-order chi connectivity index (χ0) is 39.4. The number of benzene rings is 4. The maximum Gasteiger partial charge on any atom is 0.157 e. The Labute approximate surface area is 344 Å². The first-order valence-corrected chi connectivity index (χ1v) is 20.9. The van der Waals surface area contributed by atoms with E-state index in [1.165, 1.54) is 29.5 Å². The Morgan fingerprint density at radius 3 is 1.77 bits per heavy atom. The number of hydrogen-bond donors (Lipinski definition) is 2. The van der Waals surface area contributed by atoms with Crippen molar-refractivity contribution in [3.8, 4) is 0 Å². The van der Waals surface area contributed by atoms with E-state index in [9.17, 15) is 5.11 Å². The monoisotopic (exact) mass is 806 g/mol. The molecule has 0 aliphatic carbocycles. The summed E-state index contributed by atoms with van der Waals surface area (Å²) in [5.74, 6) is 0. The lowest BCUT2D eigenvalue weighted by atomic mass is 10.1. The Kier molecular flexibility index (Phi) is 19.6. The standard InChI is InChI=1S/C23H30ClNO3.C15H23NO2.C8H7ClO/c1-18(17-28-23-9-5-6-14-27-23)25(15-19-7-3-2-4-8-19)16-22(26)20-10-12-21(24)13-11-20;1-13(12-18-15-9-5-6-10-17-15)16-11-14-7-3-2-4-8-14;9-7-3-1-6(2-4-7)8-5-10-8/h2-4,7-8,10-13,18,22-23,26H,5-6,9,14-17H2,1H3;2-4,7-8,13,15-16H,5-6,9-12H2,1H3;1-4,8H,5H2/t18-,22-,23?;13-,15?;8-/m000/s1. The average molecular weight is 808 g/mol. The average Bonchev–Trinajstić information content (AvgIpc) is 4.10. The molecule has 2 unspecified atom stereocenters. The minimum Gasteiger partial charge on any atom is -0.387 e. The molecule has 3 heterocycles. The molecule has 4 aromatic carbocycles. The van der Waals surface area contributed by atoms with Gasteiger partial charge in [-0.2, -0.15) is 0 Å². The van der Waals surface area contributed by atoms with E-state index in [-0.39, 0.29) is 18.6 Å². The molecule has 0 bridgehead atoms. The molecule has 2 N–H and O–H groups in total. The second-order valence-electron chi connectivity index (χ2n) is 14.7. The minimum atomic E-state index is -0.589. The fourth-order valence-corrected chi connectivity index (χ4v) is 6.64. The summed E-state index contributed by atoms with van der Waals surface area (Å²) in [5.41, 5.74) is 4.61. The largest absolute Gasteiger partial charge is 0.387 e. The fourth-order valence-electron chi connectivity index (χ4n) is 6.38. The first-order chi connectivity index (χ1) is 27.3. The van der Waals surface area contributed by atoms with Gasteiger partial charge in [-0.25, -0.2) is 0 Å². The van der Waals surface area contributed by atoms with Crippen molar-refractivity contribution in [1.82, 2.24) is 10.2 Å². The molecule has 0 aromatic heterocycles. The topological polar surface area (TPSA) is 85.0 Å². The quantitative estimate of drug-likeness (QED) is 0.108. The van der Waals surface area contributed by atoms with Crippen LogP contribution in [0.25, 0.3) is 0 Å². The third kappa shape index (κ3) is 16.9. The van der Waals surface area contributed by atoms with Crippen LogP contribution in [0.5, 0.6) is 0 Å². The van der Waals surface area contributed by atoms with Gasteiger partial charge in [0.2, 0.25) is 0 Å². The SMILES string of the molecule is C[C@@H](COC1CCCCO1)N(Cc1ccccc1)C[C@H](O)c1ccc(Cl)cc1.C[C@@H](COC1CCCCO1)NCc1ccccc1.Clc1ccc([C@@H]2CO2)cc1. The molecule has 0 amide bonds. The Morgan fingerprint density at radius 1 is 0.696 bits per heavy atom. The Hall–Kier alpha value is -2.86. The van der Waals surface area contributed by atoms with Gasteiger partial charge in [-0.1, -0.05) is 108 Å². The molecule has 3 saturated heterocycles. The molecule has 4 aromatic rings. The summed E-state index contributed by atoms with van der Waals surface area (Å²) in [6, 6.07) is 36.4. The van der Waals surface area contributed by atoms with Gasteiger partial charge < -0.3 is 34.1 Å². The zero-order valence-electron chi connectivity index (χ0n) is 32.9. The summed E-state index contributed by atoms with van der Waals surface area (Å²) in [5, 5.41) is 15.7. The maximum absolute atomic E-state index is 10.8. The maximum atomic E-state index is 10.8. The molecule has 304 valence electrons. The van der Waals surface area contributed by atoms with E-state index in [1.807, 2.05) is 72.8 Å². The number of aliphatic hydroxyl groups excluding tert-OH is 1. The number of halogens is 2. The van der Waals surface area contributed by atoms with Crippen molar-refractivity contribution in [2.75, 3.05) is 39.6 Å². The highest BCUT2D eigenvalue weighted by atomic mass is 35.5. The van der Waals surface area contributed by atoms with E-state index in [1.54, 1.807) is 0 Å². The molecular weight excluding hydrogens is 747 g/mol. The molecule has 6 atom stereocenters. The van der Waals surface area contributed by atoms with E-state index in [4.69, 9.17) is 46.9 Å². The number of rotatable bonds is 16. The lowest BCUT2D eigenvalue weighted by molar-refractivity contribution is -0.170. The molecule has 8 nitrogen and oxygen atoms in total. The highest BCUT2D eigenvalue weighted by molar-refractivity contribution is 6.30. The highest BCUT2D eigenvalue weighted by Gasteiger charge is 2.24. The van der Waals surface area contributed by atoms with Crippen molar-refractivity contribution < 1.29 is 28.8 Å². The second-order valence-corrected chi connectivity index (χ2v) is 15.6. The predicted octanol–water partition coefficient (Wildman–Crippen LogP) is 9.93. The lowest BCUT2D eigenvalue weighted by Crippen LogP contribution is -2.40. The first kappa shape index (κ1) is 44.2. The molecule has 3 fully saturated rings. The number of nitrogens with one attached hydrogen (secondary N) is 1. The third-order valence-corrected chi connectivity index (χ3v) is 10.4. The van der Waals surface area contributed by atoms with Crippen LogP contribution in [-0.2, 0) is 36.8 Å². The van der Waals surface area contributed by atoms with Crippen LogP contribution >= 0.6 is 23.2 Å². The number of aliphatic hydroxyl groups is 1. The van der Waals surface area contributed by atoms with Crippen LogP contribution in [0, 0.1) is 0 Å². The van der Waals surface area contributed by atoms with Gasteiger partial charge in [0.25, 0.3) is 0 Å². The van der Waals surface area contributed by atoms with E-state index < -0.39 is 6.10 Å². The Morgan fingerprint density at radius 2 is 1.23 bits per heavy atom. The van der Waals surface area contributed by atoms with Gasteiger partial charge >= 0.3 is 0 Å². The van der Waals surface area contributed by atoms with Crippen molar-refractivity contribution in [2.45, 2.75) is 102 Å². The summed E-state index contributed by atoms with van der Waals surface area (Å²) in [4.78, 5) is 2.26. The smallest absolute Gasteiger partial charge is 0.157 e. The number of ether oxygens (including phenoxy) is 5. The highest BCUT2D eigenvalue weighted by Crippen LogP contribution is 2.30. The van der Waals surface area contributed by atoms with E-state index in [2.05, 4.69) is 60.5 Å². The number of epoxide rings is 1. The van der Waals surface area contributed by atoms with Crippen LogP contribution in [0.15, 0.2) is 109 Å². The Bertz CT molecular complexity index is 1600. The summed E-state index contributed by atoms with van der Waals surface area (Å²) in [6.45, 7) is 10.2. The van der Waals surface area contributed by atoms with Gasteiger partial charge in [-0.05, 0) is 98.9 Å². The summed E-state index contributed by atoms with van der Waals surface area (Å²) in [7, 11) is 0. The van der Waals surface area contributed by atoms with Crippen molar-refractivity contribution in [3.63, 3.8) is 0 Å². The molecule has 0 saturated carbocycles. The van der Waals surface area contributed by atoms with Crippen LogP contribution in [0.2, 0.25) is 10.0 Å². The van der Waals surface area contributed by atoms with Gasteiger partial charge in [0.1, 0.15) is 6.10 Å².